The summed E-state index contributed by atoms with van der Waals surface area (Å²) >= 11 is 0. The highest BCUT2D eigenvalue weighted by Gasteiger charge is 2.28. The smallest absolute Gasteiger partial charge is 0.292 e. The molecule has 150 valence electrons. The lowest BCUT2D eigenvalue weighted by molar-refractivity contribution is 0.0512. The van der Waals surface area contributed by atoms with Gasteiger partial charge in [0.25, 0.3) is 5.91 Å². The second-order valence-electron chi connectivity index (χ2n) is 7.84. The summed E-state index contributed by atoms with van der Waals surface area (Å²) < 4.78 is 18.5. The number of aromatic nitrogens is 1. The van der Waals surface area contributed by atoms with Crippen LogP contribution in [0.4, 0.5) is 4.39 Å². The van der Waals surface area contributed by atoms with Gasteiger partial charge in [0.1, 0.15) is 5.82 Å². The number of aliphatic hydroxyl groups excluding tert-OH is 1. The van der Waals surface area contributed by atoms with E-state index in [9.17, 15) is 14.3 Å². The summed E-state index contributed by atoms with van der Waals surface area (Å²) in [5, 5.41) is 13.8. The molecule has 2 aliphatic rings. The summed E-state index contributed by atoms with van der Waals surface area (Å²) in [6.07, 6.45) is 2.95. The Hall–Kier alpha value is -2.25. The van der Waals surface area contributed by atoms with E-state index in [4.69, 9.17) is 4.52 Å². The Labute approximate surface area is 163 Å². The summed E-state index contributed by atoms with van der Waals surface area (Å²) in [6.45, 7) is 3.70. The molecule has 2 fully saturated rings. The molecule has 0 radical (unpaired) electrons. The molecule has 0 bridgehead atoms. The fourth-order valence-corrected chi connectivity index (χ4v) is 4.10. The second-order valence-corrected chi connectivity index (χ2v) is 7.84. The molecule has 0 spiro atoms. The molecule has 1 atom stereocenters. The van der Waals surface area contributed by atoms with Crippen molar-refractivity contribution in [1.82, 2.24) is 15.0 Å². The minimum Gasteiger partial charge on any atom is -0.393 e. The van der Waals surface area contributed by atoms with Crippen molar-refractivity contribution >= 4 is 5.91 Å². The topological polar surface area (TPSA) is 69.8 Å². The Morgan fingerprint density at radius 2 is 1.93 bits per heavy atom. The minimum atomic E-state index is -0.316. The molecule has 0 aliphatic carbocycles. The number of nitrogens with zero attached hydrogens (tertiary/aromatic N) is 3. The largest absolute Gasteiger partial charge is 0.393 e. The molecule has 3 heterocycles. The van der Waals surface area contributed by atoms with Crippen molar-refractivity contribution in [3.63, 3.8) is 0 Å². The van der Waals surface area contributed by atoms with Gasteiger partial charge in [-0.2, -0.15) is 0 Å². The van der Waals surface area contributed by atoms with Gasteiger partial charge in [-0.1, -0.05) is 17.3 Å². The molecule has 1 unspecified atom stereocenters. The Morgan fingerprint density at radius 1 is 1.18 bits per heavy atom. The van der Waals surface area contributed by atoms with Crippen LogP contribution in [0.25, 0.3) is 0 Å². The van der Waals surface area contributed by atoms with Crippen molar-refractivity contribution in [1.29, 1.82) is 0 Å². The SMILES string of the molecule is O=C(c1cc(C2CCCN(Cc3ccc(F)cc3)C2)no1)N1CCC(O)CC1. The molecule has 28 heavy (non-hydrogen) atoms. The fourth-order valence-electron chi connectivity index (χ4n) is 4.10. The molecule has 2 saturated heterocycles. The van der Waals surface area contributed by atoms with Gasteiger partial charge in [-0.05, 0) is 49.9 Å². The van der Waals surface area contributed by atoms with Gasteiger partial charge in [0.15, 0.2) is 0 Å². The van der Waals surface area contributed by atoms with Crippen LogP contribution in [-0.2, 0) is 6.54 Å². The molecule has 0 saturated carbocycles. The number of rotatable bonds is 4. The molecule has 2 aliphatic heterocycles. The molecule has 7 heteroatoms. The molecule has 4 rings (SSSR count). The Kier molecular flexibility index (Phi) is 5.73. The van der Waals surface area contributed by atoms with Crippen LogP contribution in [0.2, 0.25) is 0 Å². The average molecular weight is 387 g/mol. The van der Waals surface area contributed by atoms with Gasteiger partial charge >= 0.3 is 0 Å². The van der Waals surface area contributed by atoms with Gasteiger partial charge in [0.05, 0.1) is 11.8 Å². The van der Waals surface area contributed by atoms with Gasteiger partial charge < -0.3 is 14.5 Å². The first-order chi connectivity index (χ1) is 13.6. The number of carbonyl (C=O) groups excluding carboxylic acids is 1. The van der Waals surface area contributed by atoms with Crippen LogP contribution in [0.5, 0.6) is 0 Å². The molecular weight excluding hydrogens is 361 g/mol. The van der Waals surface area contributed by atoms with Gasteiger partial charge in [0, 0.05) is 38.2 Å². The van der Waals surface area contributed by atoms with E-state index in [0.29, 0.717) is 25.9 Å². The predicted octanol–water partition coefficient (Wildman–Crippen LogP) is 2.79. The third-order valence-electron chi connectivity index (χ3n) is 5.73. The summed E-state index contributed by atoms with van der Waals surface area (Å²) in [5.41, 5.74) is 1.91. The number of amides is 1. The second kappa shape index (κ2) is 8.41. The lowest BCUT2D eigenvalue weighted by Gasteiger charge is -2.31. The van der Waals surface area contributed by atoms with Gasteiger partial charge in [-0.3, -0.25) is 9.69 Å². The number of benzene rings is 1. The predicted molar refractivity (Wildman–Crippen MR) is 101 cm³/mol. The van der Waals surface area contributed by atoms with Crippen molar-refractivity contribution < 1.29 is 18.8 Å². The van der Waals surface area contributed by atoms with Crippen molar-refractivity contribution in [3.8, 4) is 0 Å². The standard InChI is InChI=1S/C21H26FN3O3/c22-17-5-3-15(4-6-17)13-24-9-1-2-16(14-24)19-12-20(28-23-19)21(27)25-10-7-18(26)8-11-25/h3-6,12,16,18,26H,1-2,7-11,13-14H2. The third kappa shape index (κ3) is 4.42. The number of halogens is 1. The van der Waals surface area contributed by atoms with Crippen LogP contribution >= 0.6 is 0 Å². The maximum absolute atomic E-state index is 13.1. The zero-order valence-corrected chi connectivity index (χ0v) is 15.9. The van der Waals surface area contributed by atoms with Crippen LogP contribution in [0, 0.1) is 5.82 Å². The first-order valence-electron chi connectivity index (χ1n) is 9.99. The van der Waals surface area contributed by atoms with Gasteiger partial charge in [0.2, 0.25) is 5.76 Å². The van der Waals surface area contributed by atoms with E-state index < -0.39 is 0 Å². The molecule has 1 aromatic carbocycles. The molecule has 1 aromatic heterocycles. The highest BCUT2D eigenvalue weighted by Crippen LogP contribution is 2.28. The van der Waals surface area contributed by atoms with E-state index in [1.54, 1.807) is 11.0 Å². The van der Waals surface area contributed by atoms with E-state index in [1.165, 1.54) is 12.1 Å². The zero-order chi connectivity index (χ0) is 19.5. The zero-order valence-electron chi connectivity index (χ0n) is 15.9. The average Bonchev–Trinajstić information content (AvgIpc) is 3.20. The minimum absolute atomic E-state index is 0.148. The molecule has 1 N–H and O–H groups in total. The van der Waals surface area contributed by atoms with Crippen molar-refractivity contribution in [3.05, 3.63) is 53.2 Å². The maximum atomic E-state index is 13.1. The number of likely N-dealkylation sites (tertiary alicyclic amines) is 2. The third-order valence-corrected chi connectivity index (χ3v) is 5.73. The van der Waals surface area contributed by atoms with Crippen molar-refractivity contribution in [2.24, 2.45) is 0 Å². The van der Waals surface area contributed by atoms with Gasteiger partial charge in [-0.25, -0.2) is 4.39 Å². The van der Waals surface area contributed by atoms with Crippen molar-refractivity contribution in [2.45, 2.75) is 44.2 Å². The molecule has 1 amide bonds. The van der Waals surface area contributed by atoms with E-state index in [2.05, 4.69) is 10.1 Å². The summed E-state index contributed by atoms with van der Waals surface area (Å²) in [5.74, 6) is 0.137. The Morgan fingerprint density at radius 3 is 2.68 bits per heavy atom. The summed E-state index contributed by atoms with van der Waals surface area (Å²) in [4.78, 5) is 16.7. The van der Waals surface area contributed by atoms with Gasteiger partial charge in [-0.15, -0.1) is 0 Å². The van der Waals surface area contributed by atoms with Crippen LogP contribution in [0.15, 0.2) is 34.9 Å². The number of aliphatic hydroxyl groups is 1. The van der Waals surface area contributed by atoms with E-state index in [1.807, 2.05) is 12.1 Å². The molecule has 2 aromatic rings. The lowest BCUT2D eigenvalue weighted by Crippen LogP contribution is -2.39. The van der Waals surface area contributed by atoms with Crippen molar-refractivity contribution in [2.75, 3.05) is 26.2 Å². The highest BCUT2D eigenvalue weighted by atomic mass is 19.1. The monoisotopic (exact) mass is 387 g/mol. The first-order valence-corrected chi connectivity index (χ1v) is 9.99. The summed E-state index contributed by atoms with van der Waals surface area (Å²) in [6, 6.07) is 8.40. The highest BCUT2D eigenvalue weighted by molar-refractivity contribution is 5.91. The molecular formula is C21H26FN3O3. The number of hydrogen-bond donors (Lipinski definition) is 1. The maximum Gasteiger partial charge on any atom is 0.292 e. The van der Waals surface area contributed by atoms with Crippen LogP contribution in [0.3, 0.4) is 0 Å². The number of piperidine rings is 2. The molecule has 6 nitrogen and oxygen atoms in total. The first kappa shape index (κ1) is 19.1. The normalized spacial score (nSPS) is 21.8. The Bertz CT molecular complexity index is 799. The Balaban J connectivity index is 1.37. The van der Waals surface area contributed by atoms with Crippen LogP contribution in [0.1, 0.15) is 53.4 Å². The van der Waals surface area contributed by atoms with Crippen LogP contribution < -0.4 is 0 Å². The van der Waals surface area contributed by atoms with E-state index in [-0.39, 0.29) is 29.5 Å². The quantitative estimate of drug-likeness (QED) is 0.874. The van der Waals surface area contributed by atoms with E-state index >= 15 is 0 Å². The lowest BCUT2D eigenvalue weighted by atomic mass is 9.94. The van der Waals surface area contributed by atoms with Crippen LogP contribution in [-0.4, -0.2) is 58.3 Å². The fraction of sp³-hybridized carbons (Fsp3) is 0.524. The van der Waals surface area contributed by atoms with E-state index in [0.717, 1.165) is 43.7 Å². The summed E-state index contributed by atoms with van der Waals surface area (Å²) in [7, 11) is 0. The number of carbonyl (C=O) groups is 1. The number of hydrogen-bond acceptors (Lipinski definition) is 5.